The number of imide groups is 2. The number of amides is 4. The Morgan fingerprint density at radius 1 is 1.23 bits per heavy atom. The molecule has 1 saturated heterocycles. The van der Waals surface area contributed by atoms with Gasteiger partial charge in [0, 0.05) is 6.04 Å². The summed E-state index contributed by atoms with van der Waals surface area (Å²) in [7, 11) is 1.55. The molecule has 1 aromatic rings. The number of methoxy groups -OCH3 is 1. The maximum absolute atomic E-state index is 13.1. The SMILES string of the molecule is CC[C@@H](C)Oc1c(I)cc(/C=C2\C(=O)NC(=O)N(C3CCCCC3)C2=O)cc1OC. The minimum Gasteiger partial charge on any atom is -0.493 e. The first-order valence-corrected chi connectivity index (χ1v) is 11.4. The molecule has 1 aliphatic heterocycles. The van der Waals surface area contributed by atoms with Crippen LogP contribution in [0.2, 0.25) is 0 Å². The standard InChI is InChI=1S/C22H27IN2O5/c1-4-13(2)30-19-17(23)11-14(12-18(19)29-3)10-16-20(26)24-22(28)25(21(16)27)15-8-6-5-7-9-15/h10-13,15H,4-9H2,1-3H3,(H,24,26,28)/b16-10+/t13-/m1/s1. The lowest BCUT2D eigenvalue weighted by Crippen LogP contribution is -2.58. The minimum absolute atomic E-state index is 0.0254. The highest BCUT2D eigenvalue weighted by atomic mass is 127. The van der Waals surface area contributed by atoms with E-state index in [1.165, 1.54) is 11.0 Å². The largest absolute Gasteiger partial charge is 0.493 e. The maximum atomic E-state index is 13.1. The molecular weight excluding hydrogens is 499 g/mol. The van der Waals surface area contributed by atoms with Gasteiger partial charge in [-0.1, -0.05) is 26.2 Å². The number of halogens is 1. The predicted octanol–water partition coefficient (Wildman–Crippen LogP) is 4.27. The normalized spacial score (nSPS) is 20.3. The number of hydrogen-bond donors (Lipinski definition) is 1. The van der Waals surface area contributed by atoms with Crippen LogP contribution in [0.25, 0.3) is 6.08 Å². The summed E-state index contributed by atoms with van der Waals surface area (Å²) in [5, 5.41) is 2.32. The highest BCUT2D eigenvalue weighted by molar-refractivity contribution is 14.1. The van der Waals surface area contributed by atoms with Gasteiger partial charge in [-0.3, -0.25) is 19.8 Å². The number of carbonyl (C=O) groups excluding carboxylic acids is 3. The number of ether oxygens (including phenoxy) is 2. The van der Waals surface area contributed by atoms with Crippen molar-refractivity contribution in [2.75, 3.05) is 7.11 Å². The molecule has 1 heterocycles. The molecule has 3 rings (SSSR count). The molecular formula is C22H27IN2O5. The van der Waals surface area contributed by atoms with Crippen LogP contribution in [0.5, 0.6) is 11.5 Å². The number of nitrogens with zero attached hydrogens (tertiary/aromatic N) is 1. The fourth-order valence-electron chi connectivity index (χ4n) is 3.73. The van der Waals surface area contributed by atoms with Crippen LogP contribution in [0.1, 0.15) is 57.9 Å². The Morgan fingerprint density at radius 3 is 2.57 bits per heavy atom. The van der Waals surface area contributed by atoms with Crippen molar-refractivity contribution in [3.63, 3.8) is 0 Å². The Labute approximate surface area is 190 Å². The lowest BCUT2D eigenvalue weighted by Gasteiger charge is -2.35. The van der Waals surface area contributed by atoms with E-state index in [-0.39, 0.29) is 17.7 Å². The van der Waals surface area contributed by atoms with Gasteiger partial charge in [0.15, 0.2) is 11.5 Å². The molecule has 2 fully saturated rings. The van der Waals surface area contributed by atoms with Crippen molar-refractivity contribution in [2.24, 2.45) is 0 Å². The molecule has 4 amide bonds. The van der Waals surface area contributed by atoms with E-state index < -0.39 is 17.8 Å². The van der Waals surface area contributed by atoms with Gasteiger partial charge in [0.2, 0.25) is 0 Å². The first-order valence-electron chi connectivity index (χ1n) is 10.3. The molecule has 0 unspecified atom stereocenters. The molecule has 1 N–H and O–H groups in total. The molecule has 30 heavy (non-hydrogen) atoms. The lowest BCUT2D eigenvalue weighted by atomic mass is 9.93. The van der Waals surface area contributed by atoms with Crippen molar-refractivity contribution >= 4 is 46.5 Å². The van der Waals surface area contributed by atoms with Crippen molar-refractivity contribution < 1.29 is 23.9 Å². The Morgan fingerprint density at radius 2 is 1.93 bits per heavy atom. The second kappa shape index (κ2) is 9.80. The molecule has 7 nitrogen and oxygen atoms in total. The maximum Gasteiger partial charge on any atom is 0.331 e. The van der Waals surface area contributed by atoms with Gasteiger partial charge >= 0.3 is 6.03 Å². The molecule has 0 spiro atoms. The van der Waals surface area contributed by atoms with Gasteiger partial charge in [-0.05, 0) is 72.5 Å². The quantitative estimate of drug-likeness (QED) is 0.340. The summed E-state index contributed by atoms with van der Waals surface area (Å²) in [5.74, 6) is -0.0542. The minimum atomic E-state index is -0.675. The highest BCUT2D eigenvalue weighted by Crippen LogP contribution is 2.36. The summed E-state index contributed by atoms with van der Waals surface area (Å²) in [5.41, 5.74) is 0.581. The number of barbiturate groups is 1. The summed E-state index contributed by atoms with van der Waals surface area (Å²) in [6.45, 7) is 4.02. The van der Waals surface area contributed by atoms with Crippen molar-refractivity contribution in [2.45, 2.75) is 64.5 Å². The van der Waals surface area contributed by atoms with Gasteiger partial charge in [0.25, 0.3) is 11.8 Å². The number of carbonyl (C=O) groups is 3. The molecule has 1 saturated carbocycles. The zero-order valence-electron chi connectivity index (χ0n) is 17.5. The van der Waals surface area contributed by atoms with E-state index in [4.69, 9.17) is 9.47 Å². The predicted molar refractivity (Wildman–Crippen MR) is 121 cm³/mol. The third-order valence-corrected chi connectivity index (χ3v) is 6.33. The van der Waals surface area contributed by atoms with E-state index in [9.17, 15) is 14.4 Å². The Balaban J connectivity index is 1.94. The van der Waals surface area contributed by atoms with E-state index in [1.54, 1.807) is 13.2 Å². The van der Waals surface area contributed by atoms with Gasteiger partial charge < -0.3 is 9.47 Å². The molecule has 0 aromatic heterocycles. The summed E-state index contributed by atoms with van der Waals surface area (Å²) in [6, 6.07) is 2.77. The van der Waals surface area contributed by atoms with Crippen molar-refractivity contribution in [3.8, 4) is 11.5 Å². The summed E-state index contributed by atoms with van der Waals surface area (Å²) < 4.78 is 12.2. The van der Waals surface area contributed by atoms with Crippen LogP contribution in [0, 0.1) is 3.57 Å². The summed E-state index contributed by atoms with van der Waals surface area (Å²) >= 11 is 2.15. The second-order valence-corrected chi connectivity index (χ2v) is 8.82. The van der Waals surface area contributed by atoms with Gasteiger partial charge in [-0.25, -0.2) is 4.79 Å². The average molecular weight is 526 g/mol. The van der Waals surface area contributed by atoms with Crippen LogP contribution in [0.4, 0.5) is 4.79 Å². The molecule has 0 radical (unpaired) electrons. The Bertz CT molecular complexity index is 877. The number of benzene rings is 1. The molecule has 1 aliphatic carbocycles. The van der Waals surface area contributed by atoms with E-state index in [1.807, 2.05) is 19.9 Å². The highest BCUT2D eigenvalue weighted by Gasteiger charge is 2.40. The second-order valence-electron chi connectivity index (χ2n) is 7.66. The van der Waals surface area contributed by atoms with Gasteiger partial charge in [0.1, 0.15) is 5.57 Å². The van der Waals surface area contributed by atoms with Gasteiger partial charge in [-0.15, -0.1) is 0 Å². The smallest absolute Gasteiger partial charge is 0.331 e. The van der Waals surface area contributed by atoms with Crippen molar-refractivity contribution in [1.29, 1.82) is 0 Å². The van der Waals surface area contributed by atoms with Crippen LogP contribution >= 0.6 is 22.6 Å². The van der Waals surface area contributed by atoms with E-state index in [0.29, 0.717) is 17.1 Å². The Kier molecular flexibility index (Phi) is 7.38. The third-order valence-electron chi connectivity index (χ3n) is 5.53. The fourth-order valence-corrected chi connectivity index (χ4v) is 4.48. The van der Waals surface area contributed by atoms with E-state index in [0.717, 1.165) is 42.1 Å². The fraction of sp³-hybridized carbons (Fsp3) is 0.500. The number of urea groups is 1. The van der Waals surface area contributed by atoms with E-state index in [2.05, 4.69) is 27.9 Å². The first kappa shape index (κ1) is 22.6. The molecule has 1 atom stereocenters. The monoisotopic (exact) mass is 526 g/mol. The number of hydrogen-bond acceptors (Lipinski definition) is 5. The van der Waals surface area contributed by atoms with Crippen LogP contribution in [0.15, 0.2) is 17.7 Å². The summed E-state index contributed by atoms with van der Waals surface area (Å²) in [4.78, 5) is 39.1. The zero-order valence-corrected chi connectivity index (χ0v) is 19.7. The third kappa shape index (κ3) is 4.79. The molecule has 162 valence electrons. The van der Waals surface area contributed by atoms with Crippen LogP contribution in [-0.4, -0.2) is 42.0 Å². The van der Waals surface area contributed by atoms with Gasteiger partial charge in [0.05, 0.1) is 16.8 Å². The summed E-state index contributed by atoms with van der Waals surface area (Å²) in [6.07, 6.45) is 6.98. The average Bonchev–Trinajstić information content (AvgIpc) is 2.73. The lowest BCUT2D eigenvalue weighted by molar-refractivity contribution is -0.132. The Hall–Kier alpha value is -2.10. The molecule has 1 aromatic carbocycles. The number of rotatable bonds is 6. The van der Waals surface area contributed by atoms with Gasteiger partial charge in [-0.2, -0.15) is 0 Å². The van der Waals surface area contributed by atoms with Crippen molar-refractivity contribution in [3.05, 3.63) is 26.8 Å². The molecule has 2 aliphatic rings. The van der Waals surface area contributed by atoms with Crippen LogP contribution < -0.4 is 14.8 Å². The molecule has 0 bridgehead atoms. The topological polar surface area (TPSA) is 84.9 Å². The zero-order chi connectivity index (χ0) is 21.8. The van der Waals surface area contributed by atoms with Crippen LogP contribution in [0.3, 0.4) is 0 Å². The van der Waals surface area contributed by atoms with Crippen molar-refractivity contribution in [1.82, 2.24) is 10.2 Å². The molecule has 8 heteroatoms. The van der Waals surface area contributed by atoms with E-state index >= 15 is 0 Å². The number of nitrogens with one attached hydrogen (secondary N) is 1. The van der Waals surface area contributed by atoms with Crippen LogP contribution in [-0.2, 0) is 9.59 Å². The first-order chi connectivity index (χ1) is 14.3.